The minimum atomic E-state index is -3.64. The van der Waals surface area contributed by atoms with Gasteiger partial charge in [0.05, 0.1) is 16.1 Å². The Morgan fingerprint density at radius 2 is 2.04 bits per heavy atom. The second-order valence-electron chi connectivity index (χ2n) is 6.96. The zero-order valence-electron chi connectivity index (χ0n) is 15.8. The SMILES string of the molecule is Cc1ccc(NC(=O)Cn2ncc(Cl)c(C3CC3)c2=O)cc1S(=O)(=O)N(C)C. The maximum absolute atomic E-state index is 12.5. The molecule has 0 aliphatic heterocycles. The Kier molecular flexibility index (Phi) is 5.60. The number of anilines is 1. The van der Waals surface area contributed by atoms with Crippen molar-refractivity contribution in [1.29, 1.82) is 0 Å². The summed E-state index contributed by atoms with van der Waals surface area (Å²) >= 11 is 6.07. The standard InChI is InChI=1S/C18H21ClN4O4S/c1-11-4-7-13(8-15(11)28(26,27)22(2)3)21-16(24)10-23-18(25)17(12-5-6-12)14(19)9-20-23/h4,7-9,12H,5-6,10H2,1-3H3,(H,21,24). The summed E-state index contributed by atoms with van der Waals surface area (Å²) in [5, 5.41) is 6.87. The van der Waals surface area contributed by atoms with E-state index in [1.54, 1.807) is 19.1 Å². The molecule has 1 heterocycles. The number of nitrogens with one attached hydrogen (secondary N) is 1. The van der Waals surface area contributed by atoms with Crippen LogP contribution >= 0.6 is 11.6 Å². The number of benzene rings is 1. The zero-order chi connectivity index (χ0) is 20.6. The van der Waals surface area contributed by atoms with Crippen LogP contribution in [0.25, 0.3) is 0 Å². The second-order valence-corrected chi connectivity index (χ2v) is 9.49. The van der Waals surface area contributed by atoms with Crippen LogP contribution in [0.2, 0.25) is 5.02 Å². The molecule has 1 aromatic heterocycles. The summed E-state index contributed by atoms with van der Waals surface area (Å²) in [5.74, 6) is -0.357. The molecule has 1 amide bonds. The highest BCUT2D eigenvalue weighted by molar-refractivity contribution is 7.89. The van der Waals surface area contributed by atoms with Gasteiger partial charge in [-0.15, -0.1) is 0 Å². The highest BCUT2D eigenvalue weighted by Crippen LogP contribution is 2.40. The van der Waals surface area contributed by atoms with E-state index >= 15 is 0 Å². The van der Waals surface area contributed by atoms with Crippen molar-refractivity contribution in [2.75, 3.05) is 19.4 Å². The predicted octanol–water partition coefficient (Wildman–Crippen LogP) is 1.97. The van der Waals surface area contributed by atoms with Crippen molar-refractivity contribution in [2.45, 2.75) is 37.1 Å². The first-order valence-electron chi connectivity index (χ1n) is 8.70. The van der Waals surface area contributed by atoms with E-state index in [9.17, 15) is 18.0 Å². The average Bonchev–Trinajstić information content (AvgIpc) is 3.44. The van der Waals surface area contributed by atoms with Crippen LogP contribution in [0.4, 0.5) is 5.69 Å². The van der Waals surface area contributed by atoms with Crippen molar-refractivity contribution in [1.82, 2.24) is 14.1 Å². The van der Waals surface area contributed by atoms with Gasteiger partial charge in [0.1, 0.15) is 6.54 Å². The fourth-order valence-corrected chi connectivity index (χ4v) is 4.25. The number of rotatable bonds is 6. The summed E-state index contributed by atoms with van der Waals surface area (Å²) in [6, 6.07) is 4.62. The van der Waals surface area contributed by atoms with E-state index in [1.165, 1.54) is 26.4 Å². The van der Waals surface area contributed by atoms with Crippen LogP contribution in [-0.2, 0) is 21.4 Å². The molecule has 0 atom stereocenters. The molecule has 2 aromatic rings. The Balaban J connectivity index is 1.81. The minimum absolute atomic E-state index is 0.105. The quantitative estimate of drug-likeness (QED) is 0.763. The largest absolute Gasteiger partial charge is 0.324 e. The molecule has 0 radical (unpaired) electrons. The molecule has 28 heavy (non-hydrogen) atoms. The van der Waals surface area contributed by atoms with Crippen molar-refractivity contribution in [3.8, 4) is 0 Å². The molecule has 1 aromatic carbocycles. The molecule has 0 bridgehead atoms. The summed E-state index contributed by atoms with van der Waals surface area (Å²) in [4.78, 5) is 25.0. The van der Waals surface area contributed by atoms with E-state index in [1.807, 2.05) is 0 Å². The van der Waals surface area contributed by atoms with Gasteiger partial charge in [0.2, 0.25) is 15.9 Å². The van der Waals surface area contributed by atoms with Gasteiger partial charge in [-0.3, -0.25) is 9.59 Å². The van der Waals surface area contributed by atoms with Crippen LogP contribution in [-0.4, -0.2) is 42.5 Å². The maximum atomic E-state index is 12.5. The maximum Gasteiger partial charge on any atom is 0.272 e. The molecule has 1 aliphatic rings. The first-order valence-corrected chi connectivity index (χ1v) is 10.5. The van der Waals surface area contributed by atoms with Gasteiger partial charge in [0, 0.05) is 25.3 Å². The Hall–Kier alpha value is -2.23. The van der Waals surface area contributed by atoms with Crippen LogP contribution in [0.15, 0.2) is 34.1 Å². The third-order valence-corrected chi connectivity index (χ3v) is 6.80. The number of aromatic nitrogens is 2. The van der Waals surface area contributed by atoms with Crippen LogP contribution in [0.3, 0.4) is 0 Å². The summed E-state index contributed by atoms with van der Waals surface area (Å²) in [6.07, 6.45) is 3.17. The summed E-state index contributed by atoms with van der Waals surface area (Å²) in [6.45, 7) is 1.39. The molecule has 1 aliphatic carbocycles. The number of hydrogen-bond donors (Lipinski definition) is 1. The van der Waals surface area contributed by atoms with E-state index in [-0.39, 0.29) is 22.9 Å². The number of carbonyl (C=O) groups excluding carboxylic acids is 1. The molecule has 1 N–H and O–H groups in total. The normalized spacial score (nSPS) is 14.3. The number of nitrogens with zero attached hydrogens (tertiary/aromatic N) is 3. The highest BCUT2D eigenvalue weighted by atomic mass is 35.5. The molecule has 0 spiro atoms. The minimum Gasteiger partial charge on any atom is -0.324 e. The van der Waals surface area contributed by atoms with E-state index in [0.717, 1.165) is 21.8 Å². The van der Waals surface area contributed by atoms with Gasteiger partial charge in [-0.1, -0.05) is 17.7 Å². The first-order chi connectivity index (χ1) is 13.1. The van der Waals surface area contributed by atoms with Gasteiger partial charge in [0.15, 0.2) is 0 Å². The van der Waals surface area contributed by atoms with Crippen molar-refractivity contribution in [3.05, 3.63) is 50.9 Å². The number of sulfonamides is 1. The van der Waals surface area contributed by atoms with E-state index < -0.39 is 15.9 Å². The summed E-state index contributed by atoms with van der Waals surface area (Å²) in [7, 11) is -0.763. The lowest BCUT2D eigenvalue weighted by molar-refractivity contribution is -0.117. The Morgan fingerprint density at radius 3 is 2.64 bits per heavy atom. The topological polar surface area (TPSA) is 101 Å². The number of aryl methyl sites for hydroxylation is 1. The molecule has 3 rings (SSSR count). The second kappa shape index (κ2) is 7.65. The van der Waals surface area contributed by atoms with Gasteiger partial charge >= 0.3 is 0 Å². The van der Waals surface area contributed by atoms with Gasteiger partial charge in [-0.05, 0) is 43.4 Å². The van der Waals surface area contributed by atoms with Crippen molar-refractivity contribution < 1.29 is 13.2 Å². The highest BCUT2D eigenvalue weighted by Gasteiger charge is 2.30. The average molecular weight is 425 g/mol. The molecule has 0 unspecified atom stereocenters. The molecule has 1 fully saturated rings. The molecular formula is C18H21ClN4O4S. The Morgan fingerprint density at radius 1 is 1.36 bits per heavy atom. The van der Waals surface area contributed by atoms with Crippen LogP contribution in [0, 0.1) is 6.92 Å². The smallest absolute Gasteiger partial charge is 0.272 e. The van der Waals surface area contributed by atoms with Crippen molar-refractivity contribution in [2.24, 2.45) is 0 Å². The van der Waals surface area contributed by atoms with E-state index in [0.29, 0.717) is 21.8 Å². The summed E-state index contributed by atoms with van der Waals surface area (Å²) in [5.41, 5.74) is 1.01. The predicted molar refractivity (Wildman–Crippen MR) is 106 cm³/mol. The zero-order valence-corrected chi connectivity index (χ0v) is 17.3. The molecule has 0 saturated heterocycles. The number of amides is 1. The molecule has 1 saturated carbocycles. The number of carbonyl (C=O) groups is 1. The molecule has 8 nitrogen and oxygen atoms in total. The van der Waals surface area contributed by atoms with E-state index in [2.05, 4.69) is 10.4 Å². The van der Waals surface area contributed by atoms with Gasteiger partial charge in [0.25, 0.3) is 5.56 Å². The van der Waals surface area contributed by atoms with Crippen molar-refractivity contribution in [3.63, 3.8) is 0 Å². The lowest BCUT2D eigenvalue weighted by Gasteiger charge is -2.15. The number of halogens is 1. The van der Waals surface area contributed by atoms with Crippen LogP contribution in [0.1, 0.15) is 29.9 Å². The monoisotopic (exact) mass is 424 g/mol. The van der Waals surface area contributed by atoms with E-state index in [4.69, 9.17) is 11.6 Å². The lowest BCUT2D eigenvalue weighted by atomic mass is 10.2. The Bertz CT molecular complexity index is 1090. The Labute approximate surface area is 168 Å². The molecular weight excluding hydrogens is 404 g/mol. The third-order valence-electron chi connectivity index (χ3n) is 4.54. The van der Waals surface area contributed by atoms with Gasteiger partial charge in [-0.25, -0.2) is 17.4 Å². The fourth-order valence-electron chi connectivity index (χ4n) is 2.83. The van der Waals surface area contributed by atoms with Crippen LogP contribution in [0.5, 0.6) is 0 Å². The first kappa shape index (κ1) is 20.5. The third kappa shape index (κ3) is 4.11. The van der Waals surface area contributed by atoms with Gasteiger partial charge in [-0.2, -0.15) is 5.10 Å². The summed E-state index contributed by atoms with van der Waals surface area (Å²) < 4.78 is 27.0. The fraction of sp³-hybridized carbons (Fsp3) is 0.389. The van der Waals surface area contributed by atoms with Crippen LogP contribution < -0.4 is 10.9 Å². The molecule has 150 valence electrons. The lowest BCUT2D eigenvalue weighted by Crippen LogP contribution is -2.31. The molecule has 10 heteroatoms. The van der Waals surface area contributed by atoms with Gasteiger partial charge < -0.3 is 5.32 Å². The van der Waals surface area contributed by atoms with Crippen molar-refractivity contribution >= 4 is 33.2 Å². The number of hydrogen-bond acceptors (Lipinski definition) is 5.